The predicted molar refractivity (Wildman–Crippen MR) is 71.0 cm³/mol. The van der Waals surface area contributed by atoms with E-state index in [1.807, 2.05) is 6.92 Å². The molecular formula is C12H13ClN2O2S. The van der Waals surface area contributed by atoms with Crippen LogP contribution in [0.1, 0.15) is 11.1 Å². The third-order valence-corrected chi connectivity index (χ3v) is 4.39. The highest BCUT2D eigenvalue weighted by Crippen LogP contribution is 2.22. The van der Waals surface area contributed by atoms with E-state index in [-0.39, 0.29) is 16.5 Å². The van der Waals surface area contributed by atoms with Crippen molar-refractivity contribution in [2.24, 2.45) is 0 Å². The second-order valence-electron chi connectivity index (χ2n) is 3.98. The summed E-state index contributed by atoms with van der Waals surface area (Å²) in [5.41, 5.74) is 1.78. The molecule has 0 aliphatic rings. The number of hydrogen-bond donors (Lipinski definition) is 2. The highest BCUT2D eigenvalue weighted by atomic mass is 35.5. The Labute approximate surface area is 111 Å². The number of halogens is 1. The summed E-state index contributed by atoms with van der Waals surface area (Å²) in [7, 11) is -3.58. The number of nitrogens with one attached hydrogen (secondary N) is 2. The summed E-state index contributed by atoms with van der Waals surface area (Å²) in [5, 5.41) is 0.233. The Kier molecular flexibility index (Phi) is 3.75. The van der Waals surface area contributed by atoms with Gasteiger partial charge in [0.05, 0.1) is 5.02 Å². The van der Waals surface area contributed by atoms with Crippen LogP contribution < -0.4 is 4.72 Å². The van der Waals surface area contributed by atoms with Crippen molar-refractivity contribution >= 4 is 21.6 Å². The maximum absolute atomic E-state index is 12.1. The summed E-state index contributed by atoms with van der Waals surface area (Å²) in [6, 6.07) is 6.67. The van der Waals surface area contributed by atoms with E-state index < -0.39 is 10.0 Å². The van der Waals surface area contributed by atoms with Crippen LogP contribution in [0.15, 0.2) is 41.6 Å². The molecule has 0 aliphatic heterocycles. The van der Waals surface area contributed by atoms with Gasteiger partial charge < -0.3 is 4.98 Å². The number of aromatic nitrogens is 1. The lowest BCUT2D eigenvalue weighted by Gasteiger charge is -2.08. The number of H-pyrrole nitrogens is 1. The van der Waals surface area contributed by atoms with Crippen LogP contribution in [0.5, 0.6) is 0 Å². The first-order valence-electron chi connectivity index (χ1n) is 5.36. The van der Waals surface area contributed by atoms with Crippen molar-refractivity contribution in [3.63, 3.8) is 0 Å². The van der Waals surface area contributed by atoms with Gasteiger partial charge in [-0.1, -0.05) is 17.7 Å². The summed E-state index contributed by atoms with van der Waals surface area (Å²) in [5.74, 6) is 0. The monoisotopic (exact) mass is 284 g/mol. The van der Waals surface area contributed by atoms with Gasteiger partial charge in [-0.25, -0.2) is 13.1 Å². The van der Waals surface area contributed by atoms with Crippen molar-refractivity contribution < 1.29 is 8.42 Å². The van der Waals surface area contributed by atoms with Crippen LogP contribution >= 0.6 is 11.6 Å². The van der Waals surface area contributed by atoms with Gasteiger partial charge in [-0.15, -0.1) is 0 Å². The van der Waals surface area contributed by atoms with Gasteiger partial charge in [-0.2, -0.15) is 0 Å². The topological polar surface area (TPSA) is 62.0 Å². The van der Waals surface area contributed by atoms with E-state index in [1.165, 1.54) is 6.07 Å². The zero-order valence-electron chi connectivity index (χ0n) is 9.77. The fraction of sp³-hybridized carbons (Fsp3) is 0.167. The Morgan fingerprint density at radius 3 is 2.72 bits per heavy atom. The lowest BCUT2D eigenvalue weighted by atomic mass is 10.2. The Hall–Kier alpha value is -1.30. The van der Waals surface area contributed by atoms with E-state index in [1.54, 1.807) is 30.6 Å². The van der Waals surface area contributed by atoms with Crippen molar-refractivity contribution in [3.05, 3.63) is 52.8 Å². The molecule has 0 bridgehead atoms. The standard InChI is InChI=1S/C12H13ClN2O2S/c1-9-2-3-12(11(13)6-9)18(16,17)15-8-10-4-5-14-7-10/h2-7,14-15H,8H2,1H3. The van der Waals surface area contributed by atoms with Crippen LogP contribution in [0.25, 0.3) is 0 Å². The van der Waals surface area contributed by atoms with Gasteiger partial charge in [0, 0.05) is 18.9 Å². The number of hydrogen-bond acceptors (Lipinski definition) is 2. The van der Waals surface area contributed by atoms with E-state index in [4.69, 9.17) is 11.6 Å². The quantitative estimate of drug-likeness (QED) is 0.906. The van der Waals surface area contributed by atoms with Crippen LogP contribution in [-0.2, 0) is 16.6 Å². The molecule has 0 aliphatic carbocycles. The van der Waals surface area contributed by atoms with E-state index in [2.05, 4.69) is 9.71 Å². The molecule has 1 aromatic carbocycles. The number of sulfonamides is 1. The Morgan fingerprint density at radius 1 is 1.33 bits per heavy atom. The molecule has 2 rings (SSSR count). The molecule has 4 nitrogen and oxygen atoms in total. The van der Waals surface area contributed by atoms with Gasteiger partial charge in [0.15, 0.2) is 0 Å². The smallest absolute Gasteiger partial charge is 0.242 e. The molecule has 0 amide bonds. The molecule has 0 saturated carbocycles. The van der Waals surface area contributed by atoms with E-state index in [0.29, 0.717) is 0 Å². The van der Waals surface area contributed by atoms with Crippen molar-refractivity contribution in [2.45, 2.75) is 18.4 Å². The summed E-state index contributed by atoms with van der Waals surface area (Å²) in [6.45, 7) is 2.09. The second kappa shape index (κ2) is 5.14. The maximum atomic E-state index is 12.1. The van der Waals surface area contributed by atoms with Gasteiger partial charge >= 0.3 is 0 Å². The van der Waals surface area contributed by atoms with Crippen LogP contribution in [0.3, 0.4) is 0 Å². The molecule has 1 heterocycles. The number of rotatable bonds is 4. The van der Waals surface area contributed by atoms with Crippen LogP contribution in [-0.4, -0.2) is 13.4 Å². The fourth-order valence-corrected chi connectivity index (χ4v) is 3.16. The molecule has 2 N–H and O–H groups in total. The highest BCUT2D eigenvalue weighted by molar-refractivity contribution is 7.89. The molecular weight excluding hydrogens is 272 g/mol. The van der Waals surface area contributed by atoms with Gasteiger partial charge in [-0.3, -0.25) is 0 Å². The minimum absolute atomic E-state index is 0.102. The molecule has 0 spiro atoms. The average Bonchev–Trinajstić information content (AvgIpc) is 2.78. The maximum Gasteiger partial charge on any atom is 0.242 e. The normalized spacial score (nSPS) is 11.7. The lowest BCUT2D eigenvalue weighted by molar-refractivity contribution is 0.581. The zero-order valence-corrected chi connectivity index (χ0v) is 11.3. The van der Waals surface area contributed by atoms with Crippen LogP contribution in [0, 0.1) is 6.92 Å². The number of benzene rings is 1. The molecule has 0 radical (unpaired) electrons. The molecule has 0 saturated heterocycles. The Balaban J connectivity index is 2.20. The van der Waals surface area contributed by atoms with Gasteiger partial charge in [0.25, 0.3) is 0 Å². The van der Waals surface area contributed by atoms with E-state index in [9.17, 15) is 8.42 Å². The lowest BCUT2D eigenvalue weighted by Crippen LogP contribution is -2.23. The predicted octanol–water partition coefficient (Wildman–Crippen LogP) is 2.46. The second-order valence-corrected chi connectivity index (χ2v) is 6.12. The summed E-state index contributed by atoms with van der Waals surface area (Å²) in [4.78, 5) is 2.97. The summed E-state index contributed by atoms with van der Waals surface area (Å²) in [6.07, 6.45) is 3.47. The number of aryl methyl sites for hydroxylation is 1. The first-order valence-corrected chi connectivity index (χ1v) is 7.22. The minimum atomic E-state index is -3.58. The van der Waals surface area contributed by atoms with Crippen LogP contribution in [0.4, 0.5) is 0 Å². The zero-order chi connectivity index (χ0) is 13.2. The molecule has 0 atom stereocenters. The number of aromatic amines is 1. The molecule has 2 aromatic rings. The van der Waals surface area contributed by atoms with Crippen molar-refractivity contribution in [2.75, 3.05) is 0 Å². The molecule has 18 heavy (non-hydrogen) atoms. The molecule has 0 unspecified atom stereocenters. The van der Waals surface area contributed by atoms with E-state index >= 15 is 0 Å². The highest BCUT2D eigenvalue weighted by Gasteiger charge is 2.17. The Morgan fingerprint density at radius 2 is 2.11 bits per heavy atom. The van der Waals surface area contributed by atoms with Gasteiger partial charge in [0.1, 0.15) is 4.90 Å². The van der Waals surface area contributed by atoms with Crippen LogP contribution in [0.2, 0.25) is 5.02 Å². The fourth-order valence-electron chi connectivity index (χ4n) is 1.55. The third-order valence-electron chi connectivity index (χ3n) is 2.51. The first-order chi connectivity index (χ1) is 8.49. The van der Waals surface area contributed by atoms with Crippen molar-refractivity contribution in [3.8, 4) is 0 Å². The van der Waals surface area contributed by atoms with Crippen molar-refractivity contribution in [1.82, 2.24) is 9.71 Å². The van der Waals surface area contributed by atoms with Gasteiger partial charge in [-0.05, 0) is 36.2 Å². The third kappa shape index (κ3) is 2.93. The largest absolute Gasteiger partial charge is 0.367 e. The molecule has 96 valence electrons. The van der Waals surface area contributed by atoms with Gasteiger partial charge in [0.2, 0.25) is 10.0 Å². The summed E-state index contributed by atoms with van der Waals surface area (Å²) >= 11 is 5.95. The average molecular weight is 285 g/mol. The molecule has 1 aromatic heterocycles. The molecule has 0 fully saturated rings. The SMILES string of the molecule is Cc1ccc(S(=O)(=O)NCc2cc[nH]c2)c(Cl)c1. The summed E-state index contributed by atoms with van der Waals surface area (Å²) < 4.78 is 26.6. The molecule has 6 heteroatoms. The first kappa shape index (κ1) is 13.1. The van der Waals surface area contributed by atoms with Crippen molar-refractivity contribution in [1.29, 1.82) is 0 Å². The Bertz CT molecular complexity index is 636. The van der Waals surface area contributed by atoms with E-state index in [0.717, 1.165) is 11.1 Å². The minimum Gasteiger partial charge on any atom is -0.367 e.